The summed E-state index contributed by atoms with van der Waals surface area (Å²) < 4.78 is 32.7. The van der Waals surface area contributed by atoms with Gasteiger partial charge in [0, 0.05) is 6.54 Å². The lowest BCUT2D eigenvalue weighted by Gasteiger charge is -2.11. The second-order valence-corrected chi connectivity index (χ2v) is 7.53. The molecule has 7 nitrogen and oxygen atoms in total. The van der Waals surface area contributed by atoms with Crippen LogP contribution in [-0.4, -0.2) is 25.7 Å². The molecule has 0 bridgehead atoms. The zero-order valence-corrected chi connectivity index (χ0v) is 15.8. The zero-order chi connectivity index (χ0) is 19.3. The van der Waals surface area contributed by atoms with Crippen molar-refractivity contribution in [2.45, 2.75) is 18.4 Å². The maximum absolute atomic E-state index is 12.6. The molecule has 0 aliphatic heterocycles. The van der Waals surface area contributed by atoms with Crippen molar-refractivity contribution >= 4 is 21.7 Å². The van der Waals surface area contributed by atoms with Crippen molar-refractivity contribution in [1.82, 2.24) is 10.2 Å². The van der Waals surface area contributed by atoms with Gasteiger partial charge in [0.2, 0.25) is 0 Å². The van der Waals surface area contributed by atoms with Crippen LogP contribution in [0.15, 0.2) is 65.6 Å². The fraction of sp³-hybridized carbons (Fsp3) is 0.158. The smallest absolute Gasteiger partial charge is 0.263 e. The first-order valence-electron chi connectivity index (χ1n) is 8.27. The Balaban J connectivity index is 1.68. The number of nitrogens with zero attached hydrogens (tertiary/aromatic N) is 2. The summed E-state index contributed by atoms with van der Waals surface area (Å²) in [7, 11) is -2.23. The minimum atomic E-state index is -3.77. The SMILES string of the molecule is COc1ccc(S(=O)(=O)Nc2ccc(NCc3ccccc3)nn2)c(C)c1. The van der Waals surface area contributed by atoms with Gasteiger partial charge in [0.15, 0.2) is 5.82 Å². The van der Waals surface area contributed by atoms with Crippen LogP contribution in [-0.2, 0) is 16.6 Å². The summed E-state index contributed by atoms with van der Waals surface area (Å²) in [5.74, 6) is 1.30. The Morgan fingerprint density at radius 1 is 0.963 bits per heavy atom. The highest BCUT2D eigenvalue weighted by Crippen LogP contribution is 2.22. The minimum Gasteiger partial charge on any atom is -0.497 e. The van der Waals surface area contributed by atoms with E-state index in [4.69, 9.17) is 4.74 Å². The minimum absolute atomic E-state index is 0.149. The third-order valence-electron chi connectivity index (χ3n) is 3.89. The molecule has 0 radical (unpaired) electrons. The predicted molar refractivity (Wildman–Crippen MR) is 104 cm³/mol. The summed E-state index contributed by atoms with van der Waals surface area (Å²) >= 11 is 0. The first-order valence-corrected chi connectivity index (χ1v) is 9.75. The molecule has 1 aromatic heterocycles. The van der Waals surface area contributed by atoms with Gasteiger partial charge in [0.25, 0.3) is 10.0 Å². The molecule has 3 aromatic rings. The van der Waals surface area contributed by atoms with Gasteiger partial charge in [-0.25, -0.2) is 8.42 Å². The lowest BCUT2D eigenvalue weighted by Crippen LogP contribution is -2.15. The Labute approximate surface area is 158 Å². The largest absolute Gasteiger partial charge is 0.497 e. The van der Waals surface area contributed by atoms with Crippen molar-refractivity contribution in [3.63, 3.8) is 0 Å². The first kappa shape index (κ1) is 18.7. The van der Waals surface area contributed by atoms with Gasteiger partial charge in [-0.15, -0.1) is 10.2 Å². The maximum atomic E-state index is 12.6. The normalized spacial score (nSPS) is 11.0. The molecule has 0 saturated heterocycles. The van der Waals surface area contributed by atoms with E-state index in [1.807, 2.05) is 30.3 Å². The quantitative estimate of drug-likeness (QED) is 0.650. The summed E-state index contributed by atoms with van der Waals surface area (Å²) in [5, 5.41) is 11.1. The monoisotopic (exact) mass is 384 g/mol. The number of methoxy groups -OCH3 is 1. The average molecular weight is 384 g/mol. The van der Waals surface area contributed by atoms with E-state index >= 15 is 0 Å². The molecule has 1 heterocycles. The van der Waals surface area contributed by atoms with Crippen LogP contribution in [0.1, 0.15) is 11.1 Å². The van der Waals surface area contributed by atoms with Gasteiger partial charge in [-0.1, -0.05) is 30.3 Å². The molecule has 0 spiro atoms. The fourth-order valence-electron chi connectivity index (χ4n) is 2.51. The fourth-order valence-corrected chi connectivity index (χ4v) is 3.74. The molecule has 8 heteroatoms. The van der Waals surface area contributed by atoms with E-state index in [9.17, 15) is 8.42 Å². The Kier molecular flexibility index (Phi) is 5.56. The number of nitrogens with one attached hydrogen (secondary N) is 2. The number of ether oxygens (including phenoxy) is 1. The highest BCUT2D eigenvalue weighted by Gasteiger charge is 2.18. The van der Waals surface area contributed by atoms with Gasteiger partial charge >= 0.3 is 0 Å². The topological polar surface area (TPSA) is 93.2 Å². The maximum Gasteiger partial charge on any atom is 0.263 e. The van der Waals surface area contributed by atoms with Crippen molar-refractivity contribution in [3.05, 3.63) is 71.8 Å². The van der Waals surface area contributed by atoms with Crippen molar-refractivity contribution in [3.8, 4) is 5.75 Å². The average Bonchev–Trinajstić information content (AvgIpc) is 2.67. The van der Waals surface area contributed by atoms with Gasteiger partial charge in [-0.2, -0.15) is 0 Å². The van der Waals surface area contributed by atoms with Crippen LogP contribution in [0, 0.1) is 6.92 Å². The highest BCUT2D eigenvalue weighted by molar-refractivity contribution is 7.92. The van der Waals surface area contributed by atoms with Crippen molar-refractivity contribution in [2.24, 2.45) is 0 Å². The second-order valence-electron chi connectivity index (χ2n) is 5.88. The molecule has 3 rings (SSSR count). The van der Waals surface area contributed by atoms with Gasteiger partial charge in [0.1, 0.15) is 11.6 Å². The number of aromatic nitrogens is 2. The number of hydrogen-bond acceptors (Lipinski definition) is 6. The molecule has 0 unspecified atom stereocenters. The van der Waals surface area contributed by atoms with Gasteiger partial charge < -0.3 is 10.1 Å². The Hall–Kier alpha value is -3.13. The summed E-state index contributed by atoms with van der Waals surface area (Å²) in [6.07, 6.45) is 0. The van der Waals surface area contributed by atoms with Gasteiger partial charge in [-0.05, 0) is 48.4 Å². The molecule has 0 aliphatic rings. The third-order valence-corrected chi connectivity index (χ3v) is 5.41. The summed E-state index contributed by atoms with van der Waals surface area (Å²) in [4.78, 5) is 0.163. The van der Waals surface area contributed by atoms with Crippen LogP contribution in [0.3, 0.4) is 0 Å². The van der Waals surface area contributed by atoms with E-state index in [2.05, 4.69) is 20.2 Å². The molecule has 2 aromatic carbocycles. The van der Waals surface area contributed by atoms with E-state index in [1.54, 1.807) is 31.2 Å². The standard InChI is InChI=1S/C19H20N4O3S/c1-14-12-16(26-2)8-9-17(14)27(24,25)23-19-11-10-18(21-22-19)20-13-15-6-4-3-5-7-15/h3-12H,13H2,1-2H3,(H,20,21)(H,22,23). The number of hydrogen-bond donors (Lipinski definition) is 2. The Morgan fingerprint density at radius 3 is 2.30 bits per heavy atom. The molecule has 0 fully saturated rings. The van der Waals surface area contributed by atoms with Crippen molar-refractivity contribution in [1.29, 1.82) is 0 Å². The molecular formula is C19H20N4O3S. The van der Waals surface area contributed by atoms with E-state index in [1.165, 1.54) is 13.2 Å². The first-order chi connectivity index (χ1) is 13.0. The van der Waals surface area contributed by atoms with E-state index in [0.29, 0.717) is 23.7 Å². The number of aryl methyl sites for hydroxylation is 1. The van der Waals surface area contributed by atoms with E-state index in [0.717, 1.165) is 5.56 Å². The van der Waals surface area contributed by atoms with Crippen LogP contribution in [0.2, 0.25) is 0 Å². The Morgan fingerprint density at radius 2 is 1.67 bits per heavy atom. The summed E-state index contributed by atoms with van der Waals surface area (Å²) in [6.45, 7) is 2.31. The van der Waals surface area contributed by atoms with Crippen molar-refractivity contribution < 1.29 is 13.2 Å². The van der Waals surface area contributed by atoms with Gasteiger partial charge in [-0.3, -0.25) is 4.72 Å². The third kappa shape index (κ3) is 4.73. The molecule has 0 aliphatic carbocycles. The van der Waals surface area contributed by atoms with Gasteiger partial charge in [0.05, 0.1) is 12.0 Å². The van der Waals surface area contributed by atoms with Crippen LogP contribution in [0.25, 0.3) is 0 Å². The molecule has 0 saturated carbocycles. The molecule has 140 valence electrons. The molecule has 0 amide bonds. The number of benzene rings is 2. The second kappa shape index (κ2) is 8.05. The zero-order valence-electron chi connectivity index (χ0n) is 15.0. The molecular weight excluding hydrogens is 364 g/mol. The van der Waals surface area contributed by atoms with Crippen LogP contribution in [0.4, 0.5) is 11.6 Å². The van der Waals surface area contributed by atoms with E-state index < -0.39 is 10.0 Å². The predicted octanol–water partition coefficient (Wildman–Crippen LogP) is 3.21. The van der Waals surface area contributed by atoms with Crippen LogP contribution in [0.5, 0.6) is 5.75 Å². The number of anilines is 2. The number of sulfonamides is 1. The molecule has 0 atom stereocenters. The molecule has 27 heavy (non-hydrogen) atoms. The molecule has 2 N–H and O–H groups in total. The highest BCUT2D eigenvalue weighted by atomic mass is 32.2. The lowest BCUT2D eigenvalue weighted by molar-refractivity contribution is 0.414. The van der Waals surface area contributed by atoms with Crippen LogP contribution >= 0.6 is 0 Å². The summed E-state index contributed by atoms with van der Waals surface area (Å²) in [5.41, 5.74) is 1.69. The lowest BCUT2D eigenvalue weighted by atomic mass is 10.2. The number of rotatable bonds is 7. The van der Waals surface area contributed by atoms with Crippen LogP contribution < -0.4 is 14.8 Å². The Bertz CT molecular complexity index is 1010. The summed E-state index contributed by atoms with van der Waals surface area (Å²) in [6, 6.07) is 17.9. The van der Waals surface area contributed by atoms with Crippen molar-refractivity contribution in [2.75, 3.05) is 17.1 Å². The van der Waals surface area contributed by atoms with E-state index in [-0.39, 0.29) is 10.7 Å².